The second-order valence-electron chi connectivity index (χ2n) is 4.69. The SMILES string of the molecule is N#CCN(Cc1ccccc1)C[C@H](Cl)c1ccccc1. The normalized spacial score (nSPS) is 12.1. The van der Waals surface area contributed by atoms with E-state index >= 15 is 0 Å². The van der Waals surface area contributed by atoms with Crippen molar-refractivity contribution < 1.29 is 0 Å². The van der Waals surface area contributed by atoms with Gasteiger partial charge in [0.15, 0.2) is 0 Å². The summed E-state index contributed by atoms with van der Waals surface area (Å²) in [6, 6.07) is 22.3. The van der Waals surface area contributed by atoms with Crippen molar-refractivity contribution in [1.82, 2.24) is 4.90 Å². The Morgan fingerprint density at radius 2 is 1.60 bits per heavy atom. The molecule has 2 rings (SSSR count). The first-order chi connectivity index (χ1) is 9.79. The number of rotatable bonds is 6. The lowest BCUT2D eigenvalue weighted by Gasteiger charge is -2.22. The van der Waals surface area contributed by atoms with Crippen LogP contribution in [0.25, 0.3) is 0 Å². The molecule has 2 nitrogen and oxygen atoms in total. The van der Waals surface area contributed by atoms with Gasteiger partial charge in [-0.25, -0.2) is 0 Å². The van der Waals surface area contributed by atoms with Gasteiger partial charge in [0.2, 0.25) is 0 Å². The highest BCUT2D eigenvalue weighted by Gasteiger charge is 2.13. The Balaban J connectivity index is 2.01. The standard InChI is InChI=1S/C17H17ClN2/c18-17(16-9-5-2-6-10-16)14-20(12-11-19)13-15-7-3-1-4-8-15/h1-10,17H,12-14H2/t17-/m0/s1. The number of hydrogen-bond donors (Lipinski definition) is 0. The molecule has 3 heteroatoms. The van der Waals surface area contributed by atoms with Crippen molar-refractivity contribution in [2.45, 2.75) is 11.9 Å². The van der Waals surface area contributed by atoms with Crippen LogP contribution in [0.1, 0.15) is 16.5 Å². The summed E-state index contributed by atoms with van der Waals surface area (Å²) >= 11 is 6.45. The Bertz CT molecular complexity index is 548. The number of halogens is 1. The van der Waals surface area contributed by atoms with Crippen molar-refractivity contribution in [3.8, 4) is 6.07 Å². The zero-order chi connectivity index (χ0) is 14.2. The predicted octanol–water partition coefficient (Wildman–Crippen LogP) is 3.99. The third-order valence-electron chi connectivity index (χ3n) is 3.12. The summed E-state index contributed by atoms with van der Waals surface area (Å²) in [6.07, 6.45) is 0. The lowest BCUT2D eigenvalue weighted by atomic mass is 10.1. The molecule has 0 radical (unpaired) electrons. The number of nitriles is 1. The van der Waals surface area contributed by atoms with E-state index in [0.29, 0.717) is 13.1 Å². The molecule has 0 aliphatic carbocycles. The van der Waals surface area contributed by atoms with Crippen LogP contribution in [0.15, 0.2) is 60.7 Å². The summed E-state index contributed by atoms with van der Waals surface area (Å²) in [7, 11) is 0. The highest BCUT2D eigenvalue weighted by Crippen LogP contribution is 2.22. The van der Waals surface area contributed by atoms with Gasteiger partial charge in [-0.3, -0.25) is 4.90 Å². The van der Waals surface area contributed by atoms with Crippen molar-refractivity contribution in [1.29, 1.82) is 5.26 Å². The molecule has 0 saturated heterocycles. The molecule has 0 aromatic heterocycles. The Morgan fingerprint density at radius 1 is 1.00 bits per heavy atom. The fourth-order valence-electron chi connectivity index (χ4n) is 2.12. The second kappa shape index (κ2) is 7.69. The zero-order valence-electron chi connectivity index (χ0n) is 11.2. The van der Waals surface area contributed by atoms with Crippen LogP contribution < -0.4 is 0 Å². The molecule has 0 saturated carbocycles. The number of alkyl halides is 1. The van der Waals surface area contributed by atoms with Gasteiger partial charge < -0.3 is 0 Å². The lowest BCUT2D eigenvalue weighted by Crippen LogP contribution is -2.27. The second-order valence-corrected chi connectivity index (χ2v) is 5.22. The van der Waals surface area contributed by atoms with Gasteiger partial charge in [0.1, 0.15) is 0 Å². The molecule has 2 aromatic carbocycles. The largest absolute Gasteiger partial charge is 0.284 e. The van der Waals surface area contributed by atoms with Crippen LogP contribution in [0.4, 0.5) is 0 Å². The van der Waals surface area contributed by atoms with Gasteiger partial charge in [-0.2, -0.15) is 5.26 Å². The minimum Gasteiger partial charge on any atom is -0.284 e. The first-order valence-electron chi connectivity index (χ1n) is 6.62. The average molecular weight is 285 g/mol. The minimum absolute atomic E-state index is 0.103. The highest BCUT2D eigenvalue weighted by molar-refractivity contribution is 6.21. The average Bonchev–Trinajstić information content (AvgIpc) is 2.49. The molecule has 0 aliphatic heterocycles. The Hall–Kier alpha value is -1.82. The molecule has 0 amide bonds. The minimum atomic E-state index is -0.103. The lowest BCUT2D eigenvalue weighted by molar-refractivity contribution is 0.298. The maximum absolute atomic E-state index is 8.96. The maximum atomic E-state index is 8.96. The smallest absolute Gasteiger partial charge is 0.0869 e. The molecule has 0 aliphatic rings. The van der Waals surface area contributed by atoms with E-state index in [1.54, 1.807) is 0 Å². The van der Waals surface area contributed by atoms with E-state index in [1.807, 2.05) is 48.5 Å². The number of hydrogen-bond acceptors (Lipinski definition) is 2. The summed E-state index contributed by atoms with van der Waals surface area (Å²) in [4.78, 5) is 2.07. The maximum Gasteiger partial charge on any atom is 0.0869 e. The molecule has 0 bridgehead atoms. The van der Waals surface area contributed by atoms with Gasteiger partial charge in [0.05, 0.1) is 18.0 Å². The molecule has 0 fully saturated rings. The van der Waals surface area contributed by atoms with Crippen molar-refractivity contribution in [2.24, 2.45) is 0 Å². The van der Waals surface area contributed by atoms with E-state index in [4.69, 9.17) is 16.9 Å². The number of nitrogens with zero attached hydrogens (tertiary/aromatic N) is 2. The third kappa shape index (κ3) is 4.38. The van der Waals surface area contributed by atoms with Crippen LogP contribution in [0, 0.1) is 11.3 Å². The molecule has 0 heterocycles. The molecule has 102 valence electrons. The van der Waals surface area contributed by atoms with Crippen molar-refractivity contribution in [2.75, 3.05) is 13.1 Å². The van der Waals surface area contributed by atoms with Crippen LogP contribution in [-0.4, -0.2) is 18.0 Å². The van der Waals surface area contributed by atoms with E-state index in [9.17, 15) is 0 Å². The molecule has 2 aromatic rings. The summed E-state index contributed by atoms with van der Waals surface area (Å²) < 4.78 is 0. The van der Waals surface area contributed by atoms with E-state index in [0.717, 1.165) is 12.1 Å². The van der Waals surface area contributed by atoms with Crippen LogP contribution in [0.2, 0.25) is 0 Å². The highest BCUT2D eigenvalue weighted by atomic mass is 35.5. The zero-order valence-corrected chi connectivity index (χ0v) is 12.0. The summed E-state index contributed by atoms with van der Waals surface area (Å²) in [5.74, 6) is 0. The fraction of sp³-hybridized carbons (Fsp3) is 0.235. The molecule has 0 spiro atoms. The monoisotopic (exact) mass is 284 g/mol. The van der Waals surface area contributed by atoms with Crippen molar-refractivity contribution in [3.63, 3.8) is 0 Å². The van der Waals surface area contributed by atoms with Gasteiger partial charge >= 0.3 is 0 Å². The Kier molecular flexibility index (Phi) is 5.61. The van der Waals surface area contributed by atoms with Crippen LogP contribution in [-0.2, 0) is 6.54 Å². The van der Waals surface area contributed by atoms with Crippen LogP contribution in [0.5, 0.6) is 0 Å². The van der Waals surface area contributed by atoms with Gasteiger partial charge in [-0.05, 0) is 11.1 Å². The van der Waals surface area contributed by atoms with Crippen LogP contribution in [0.3, 0.4) is 0 Å². The summed E-state index contributed by atoms with van der Waals surface area (Å²) in [5.41, 5.74) is 2.28. The van der Waals surface area contributed by atoms with Gasteiger partial charge in [0, 0.05) is 13.1 Å². The van der Waals surface area contributed by atoms with E-state index in [1.165, 1.54) is 5.56 Å². The van der Waals surface area contributed by atoms with E-state index in [2.05, 4.69) is 23.1 Å². The van der Waals surface area contributed by atoms with Gasteiger partial charge in [-0.15, -0.1) is 11.6 Å². The molecule has 1 atom stereocenters. The Labute approximate surface area is 125 Å². The predicted molar refractivity (Wildman–Crippen MR) is 82.4 cm³/mol. The molecule has 0 N–H and O–H groups in total. The van der Waals surface area contributed by atoms with E-state index < -0.39 is 0 Å². The molecular weight excluding hydrogens is 268 g/mol. The quantitative estimate of drug-likeness (QED) is 0.592. The molecule has 0 unspecified atom stereocenters. The molecular formula is C17H17ClN2. The molecule has 20 heavy (non-hydrogen) atoms. The van der Waals surface area contributed by atoms with Crippen molar-refractivity contribution in [3.05, 3.63) is 71.8 Å². The summed E-state index contributed by atoms with van der Waals surface area (Å²) in [5, 5.41) is 8.86. The first kappa shape index (κ1) is 14.6. The van der Waals surface area contributed by atoms with Gasteiger partial charge in [0.25, 0.3) is 0 Å². The van der Waals surface area contributed by atoms with E-state index in [-0.39, 0.29) is 5.38 Å². The Morgan fingerprint density at radius 3 is 2.20 bits per heavy atom. The van der Waals surface area contributed by atoms with Gasteiger partial charge in [-0.1, -0.05) is 60.7 Å². The third-order valence-corrected chi connectivity index (χ3v) is 3.51. The first-order valence-corrected chi connectivity index (χ1v) is 7.05. The van der Waals surface area contributed by atoms with Crippen LogP contribution >= 0.6 is 11.6 Å². The van der Waals surface area contributed by atoms with Crippen molar-refractivity contribution >= 4 is 11.6 Å². The summed E-state index contributed by atoms with van der Waals surface area (Å²) in [6.45, 7) is 1.78. The topological polar surface area (TPSA) is 27.0 Å². The number of benzene rings is 2. The fourth-order valence-corrected chi connectivity index (χ4v) is 2.46.